The van der Waals surface area contributed by atoms with Crippen molar-refractivity contribution in [3.63, 3.8) is 0 Å². The standard InChI is InChI=1S/C46H82O19/c47-25-13-1-7-19-39(53)60-33-45(34-61-40(54)20-8-2-14-26-48,35-62-41(55)21-9-3-15-27-49)31-59-32-46(36-63-42(56)22-10-4-16-28-50,37-64-43(57)23-11-5-17-29-51)38-65-44(58)24-12-6-18-30-52/h47-52H,1-38H2. The van der Waals surface area contributed by atoms with Gasteiger partial charge in [-0.25, -0.2) is 0 Å². The third-order valence-electron chi connectivity index (χ3n) is 10.3. The summed E-state index contributed by atoms with van der Waals surface area (Å²) in [5, 5.41) is 54.9. The van der Waals surface area contributed by atoms with Crippen molar-refractivity contribution in [1.29, 1.82) is 0 Å². The molecule has 0 saturated carbocycles. The number of aliphatic hydroxyl groups is 6. The molecular formula is C46H82O19. The molecule has 19 heteroatoms. The summed E-state index contributed by atoms with van der Waals surface area (Å²) in [4.78, 5) is 77.9. The van der Waals surface area contributed by atoms with E-state index < -0.39 is 99.5 Å². The van der Waals surface area contributed by atoms with Crippen molar-refractivity contribution in [2.75, 3.05) is 92.5 Å². The first-order valence-corrected chi connectivity index (χ1v) is 23.6. The molecule has 0 aliphatic carbocycles. The monoisotopic (exact) mass is 939 g/mol. The van der Waals surface area contributed by atoms with Crippen LogP contribution in [0.15, 0.2) is 0 Å². The number of esters is 6. The van der Waals surface area contributed by atoms with E-state index in [0.29, 0.717) is 116 Å². The molecule has 65 heavy (non-hydrogen) atoms. The third-order valence-corrected chi connectivity index (χ3v) is 10.3. The van der Waals surface area contributed by atoms with Gasteiger partial charge in [-0.1, -0.05) is 38.5 Å². The SMILES string of the molecule is O=C(CCCCCO)OCC(COCC(COC(=O)CCCCCO)(COC(=O)CCCCCO)COC(=O)CCCCCO)(COC(=O)CCCCCO)COC(=O)CCCCCO. The average molecular weight is 939 g/mol. The van der Waals surface area contributed by atoms with Crippen LogP contribution < -0.4 is 0 Å². The fraction of sp³-hybridized carbons (Fsp3) is 0.870. The van der Waals surface area contributed by atoms with E-state index in [-0.39, 0.29) is 78.2 Å². The molecular weight excluding hydrogens is 856 g/mol. The second kappa shape index (κ2) is 41.9. The lowest BCUT2D eigenvalue weighted by molar-refractivity contribution is -0.175. The van der Waals surface area contributed by atoms with E-state index in [1.165, 1.54) is 0 Å². The van der Waals surface area contributed by atoms with Gasteiger partial charge in [-0.05, 0) is 77.0 Å². The van der Waals surface area contributed by atoms with Crippen LogP contribution in [-0.4, -0.2) is 159 Å². The maximum absolute atomic E-state index is 13.0. The summed E-state index contributed by atoms with van der Waals surface area (Å²) in [6.07, 6.45) is 8.99. The van der Waals surface area contributed by atoms with Crippen LogP contribution in [0.4, 0.5) is 0 Å². The smallest absolute Gasteiger partial charge is 0.305 e. The number of carbonyl (C=O) groups excluding carboxylic acids is 6. The summed E-state index contributed by atoms with van der Waals surface area (Å²) in [7, 11) is 0. The summed E-state index contributed by atoms with van der Waals surface area (Å²) in [5.74, 6) is -3.61. The van der Waals surface area contributed by atoms with Gasteiger partial charge >= 0.3 is 35.8 Å². The lowest BCUT2D eigenvalue weighted by atomic mass is 9.90. The van der Waals surface area contributed by atoms with Gasteiger partial charge in [0.25, 0.3) is 0 Å². The van der Waals surface area contributed by atoms with Crippen LogP contribution in [0.1, 0.15) is 154 Å². The number of ether oxygens (including phenoxy) is 7. The molecule has 0 aromatic carbocycles. The second-order valence-corrected chi connectivity index (χ2v) is 16.7. The fourth-order valence-corrected chi connectivity index (χ4v) is 6.17. The topological polar surface area (TPSA) is 288 Å². The molecule has 6 N–H and O–H groups in total. The number of hydrogen-bond donors (Lipinski definition) is 6. The van der Waals surface area contributed by atoms with Crippen molar-refractivity contribution < 1.29 is 92.6 Å². The van der Waals surface area contributed by atoms with E-state index >= 15 is 0 Å². The summed E-state index contributed by atoms with van der Waals surface area (Å²) < 4.78 is 40.5. The molecule has 0 aromatic heterocycles. The Morgan fingerprint density at radius 3 is 0.569 bits per heavy atom. The Labute approximate surface area is 385 Å². The predicted octanol–water partition coefficient (Wildman–Crippen LogP) is 3.55. The predicted molar refractivity (Wildman–Crippen MR) is 235 cm³/mol. The van der Waals surface area contributed by atoms with Gasteiger partial charge in [0.05, 0.1) is 24.0 Å². The first kappa shape index (κ1) is 61.5. The number of unbranched alkanes of at least 4 members (excludes halogenated alkanes) is 12. The summed E-state index contributed by atoms with van der Waals surface area (Å²) in [6.45, 7) is -3.67. The van der Waals surface area contributed by atoms with Gasteiger partial charge in [0.1, 0.15) is 39.6 Å². The van der Waals surface area contributed by atoms with Gasteiger partial charge in [0, 0.05) is 78.2 Å². The molecule has 0 spiro atoms. The highest BCUT2D eigenvalue weighted by Crippen LogP contribution is 2.27. The maximum atomic E-state index is 13.0. The maximum Gasteiger partial charge on any atom is 0.305 e. The fourth-order valence-electron chi connectivity index (χ4n) is 6.17. The quantitative estimate of drug-likeness (QED) is 0.0289. The molecule has 380 valence electrons. The van der Waals surface area contributed by atoms with Crippen LogP contribution in [0.5, 0.6) is 0 Å². The van der Waals surface area contributed by atoms with Crippen molar-refractivity contribution in [3.05, 3.63) is 0 Å². The Morgan fingerprint density at radius 1 is 0.246 bits per heavy atom. The Balaban J connectivity index is 6.86. The molecule has 0 radical (unpaired) electrons. The van der Waals surface area contributed by atoms with E-state index in [2.05, 4.69) is 0 Å². The van der Waals surface area contributed by atoms with Crippen molar-refractivity contribution in [1.82, 2.24) is 0 Å². The van der Waals surface area contributed by atoms with E-state index in [1.807, 2.05) is 0 Å². The number of carbonyl (C=O) groups is 6. The minimum absolute atomic E-state index is 0.0113. The first-order valence-electron chi connectivity index (χ1n) is 23.6. The van der Waals surface area contributed by atoms with E-state index in [9.17, 15) is 28.8 Å². The number of hydrogen-bond acceptors (Lipinski definition) is 19. The molecule has 0 amide bonds. The van der Waals surface area contributed by atoms with Gasteiger partial charge < -0.3 is 63.8 Å². The zero-order valence-corrected chi connectivity index (χ0v) is 38.9. The van der Waals surface area contributed by atoms with Crippen molar-refractivity contribution in [2.24, 2.45) is 10.8 Å². The second-order valence-electron chi connectivity index (χ2n) is 16.7. The van der Waals surface area contributed by atoms with Crippen LogP contribution in [0.2, 0.25) is 0 Å². The molecule has 0 aliphatic heterocycles. The largest absolute Gasteiger partial charge is 0.465 e. The minimum Gasteiger partial charge on any atom is -0.465 e. The minimum atomic E-state index is -1.51. The van der Waals surface area contributed by atoms with E-state index in [4.69, 9.17) is 63.8 Å². The van der Waals surface area contributed by atoms with Crippen molar-refractivity contribution in [2.45, 2.75) is 154 Å². The summed E-state index contributed by atoms with van der Waals surface area (Å²) >= 11 is 0. The molecule has 0 fully saturated rings. The van der Waals surface area contributed by atoms with Crippen LogP contribution in [0, 0.1) is 10.8 Å². The molecule has 0 heterocycles. The van der Waals surface area contributed by atoms with Crippen molar-refractivity contribution >= 4 is 35.8 Å². The molecule has 0 unspecified atom stereocenters. The van der Waals surface area contributed by atoms with Crippen molar-refractivity contribution in [3.8, 4) is 0 Å². The van der Waals surface area contributed by atoms with Gasteiger partial charge in [0.15, 0.2) is 0 Å². The summed E-state index contributed by atoms with van der Waals surface area (Å²) in [6, 6.07) is 0. The Kier molecular flexibility index (Phi) is 39.7. The van der Waals surface area contributed by atoms with Crippen LogP contribution >= 0.6 is 0 Å². The highest BCUT2D eigenvalue weighted by molar-refractivity contribution is 5.71. The van der Waals surface area contributed by atoms with Gasteiger partial charge in [-0.2, -0.15) is 0 Å². The zero-order valence-electron chi connectivity index (χ0n) is 38.9. The lowest BCUT2D eigenvalue weighted by Gasteiger charge is -2.35. The zero-order chi connectivity index (χ0) is 48.3. The highest BCUT2D eigenvalue weighted by Gasteiger charge is 2.41. The number of rotatable bonds is 46. The highest BCUT2D eigenvalue weighted by atomic mass is 16.6. The molecule has 0 aromatic rings. The van der Waals surface area contributed by atoms with E-state index in [1.54, 1.807) is 0 Å². The number of aliphatic hydroxyl groups excluding tert-OH is 6. The van der Waals surface area contributed by atoms with Crippen LogP contribution in [-0.2, 0) is 61.9 Å². The summed E-state index contributed by atoms with van der Waals surface area (Å²) in [5.41, 5.74) is -3.02. The Hall–Kier alpha value is -3.46. The lowest BCUT2D eigenvalue weighted by Crippen LogP contribution is -2.47. The molecule has 0 bridgehead atoms. The van der Waals surface area contributed by atoms with E-state index in [0.717, 1.165) is 0 Å². The van der Waals surface area contributed by atoms with Crippen LogP contribution in [0.25, 0.3) is 0 Å². The van der Waals surface area contributed by atoms with Gasteiger partial charge in [0.2, 0.25) is 0 Å². The van der Waals surface area contributed by atoms with Gasteiger partial charge in [-0.3, -0.25) is 28.8 Å². The molecule has 0 atom stereocenters. The van der Waals surface area contributed by atoms with Crippen LogP contribution in [0.3, 0.4) is 0 Å². The normalized spacial score (nSPS) is 11.5. The Morgan fingerprint density at radius 2 is 0.415 bits per heavy atom. The van der Waals surface area contributed by atoms with Gasteiger partial charge in [-0.15, -0.1) is 0 Å². The average Bonchev–Trinajstić information content (AvgIpc) is 3.30. The third kappa shape index (κ3) is 35.4. The molecule has 0 aliphatic rings. The molecule has 19 nitrogen and oxygen atoms in total. The first-order chi connectivity index (χ1) is 31.4. The Bertz CT molecular complexity index is 1010. The molecule has 0 rings (SSSR count). The molecule has 0 saturated heterocycles.